The van der Waals surface area contributed by atoms with Crippen molar-refractivity contribution in [3.63, 3.8) is 0 Å². The first kappa shape index (κ1) is 13.9. The largest absolute Gasteiger partial charge is 0.316 e. The van der Waals surface area contributed by atoms with Gasteiger partial charge in [-0.25, -0.2) is 4.72 Å². The summed E-state index contributed by atoms with van der Waals surface area (Å²) in [5, 5.41) is 3.31. The summed E-state index contributed by atoms with van der Waals surface area (Å²) in [4.78, 5) is 0. The molecule has 0 bridgehead atoms. The van der Waals surface area contributed by atoms with Gasteiger partial charge in [0.25, 0.3) is 10.2 Å². The minimum atomic E-state index is -3.27. The van der Waals surface area contributed by atoms with E-state index in [1.807, 2.05) is 6.92 Å². The summed E-state index contributed by atoms with van der Waals surface area (Å²) >= 11 is 0. The van der Waals surface area contributed by atoms with Crippen molar-refractivity contribution in [3.05, 3.63) is 0 Å². The van der Waals surface area contributed by atoms with Gasteiger partial charge in [-0.2, -0.15) is 12.7 Å². The Kier molecular flexibility index (Phi) is 5.68. The van der Waals surface area contributed by atoms with E-state index in [1.54, 1.807) is 6.92 Å². The first-order chi connectivity index (χ1) is 7.60. The van der Waals surface area contributed by atoms with Crippen LogP contribution in [-0.2, 0) is 10.2 Å². The number of nitrogens with one attached hydrogen (secondary N) is 2. The summed E-state index contributed by atoms with van der Waals surface area (Å²) in [6.45, 7) is 7.27. The fourth-order valence-corrected chi connectivity index (χ4v) is 3.33. The number of rotatable bonds is 6. The van der Waals surface area contributed by atoms with E-state index in [-0.39, 0.29) is 0 Å². The summed E-state index contributed by atoms with van der Waals surface area (Å²) < 4.78 is 27.7. The quantitative estimate of drug-likeness (QED) is 0.705. The highest BCUT2D eigenvalue weighted by Crippen LogP contribution is 2.13. The molecule has 0 radical (unpaired) electrons. The van der Waals surface area contributed by atoms with Crippen molar-refractivity contribution >= 4 is 10.2 Å². The molecule has 0 spiro atoms. The zero-order valence-corrected chi connectivity index (χ0v) is 11.0. The molecule has 0 aromatic carbocycles. The monoisotopic (exact) mass is 249 g/mol. The Bertz CT molecular complexity index is 286. The Morgan fingerprint density at radius 1 is 1.44 bits per heavy atom. The molecule has 0 amide bonds. The molecule has 1 atom stereocenters. The van der Waals surface area contributed by atoms with Crippen LogP contribution in [0.5, 0.6) is 0 Å². The molecule has 0 saturated carbocycles. The molecule has 6 heteroatoms. The highest BCUT2D eigenvalue weighted by Gasteiger charge is 2.23. The van der Waals surface area contributed by atoms with E-state index in [4.69, 9.17) is 0 Å². The Hall–Kier alpha value is -0.170. The first-order valence-corrected chi connectivity index (χ1v) is 7.49. The predicted molar refractivity (Wildman–Crippen MR) is 65.4 cm³/mol. The van der Waals surface area contributed by atoms with Crippen LogP contribution in [0.25, 0.3) is 0 Å². The van der Waals surface area contributed by atoms with Crippen molar-refractivity contribution in [1.29, 1.82) is 0 Å². The molecule has 1 saturated heterocycles. The fourth-order valence-electron chi connectivity index (χ4n) is 2.04. The first-order valence-electron chi connectivity index (χ1n) is 6.05. The maximum atomic E-state index is 11.8. The lowest BCUT2D eigenvalue weighted by molar-refractivity contribution is 0.295. The average molecular weight is 249 g/mol. The molecular formula is C10H23N3O2S. The number of nitrogens with zero attached hydrogens (tertiary/aromatic N) is 1. The Morgan fingerprint density at radius 2 is 2.19 bits per heavy atom. The summed E-state index contributed by atoms with van der Waals surface area (Å²) in [7, 11) is -3.27. The molecule has 1 heterocycles. The highest BCUT2D eigenvalue weighted by molar-refractivity contribution is 7.87. The maximum Gasteiger partial charge on any atom is 0.279 e. The molecule has 1 unspecified atom stereocenters. The van der Waals surface area contributed by atoms with Gasteiger partial charge >= 0.3 is 0 Å². The second kappa shape index (κ2) is 6.54. The van der Waals surface area contributed by atoms with Crippen LogP contribution in [-0.4, -0.2) is 45.4 Å². The van der Waals surface area contributed by atoms with E-state index in [0.717, 1.165) is 25.9 Å². The van der Waals surface area contributed by atoms with Crippen molar-refractivity contribution in [2.24, 2.45) is 5.92 Å². The van der Waals surface area contributed by atoms with Gasteiger partial charge in [0.1, 0.15) is 0 Å². The van der Waals surface area contributed by atoms with Crippen LogP contribution >= 0.6 is 0 Å². The Labute approximate surface area is 98.8 Å². The zero-order chi connectivity index (χ0) is 12.0. The number of piperidine rings is 1. The van der Waals surface area contributed by atoms with Crippen LogP contribution in [0.4, 0.5) is 0 Å². The molecule has 1 aliphatic rings. The van der Waals surface area contributed by atoms with Crippen molar-refractivity contribution in [2.45, 2.75) is 26.7 Å². The molecule has 0 aromatic rings. The van der Waals surface area contributed by atoms with Crippen LogP contribution in [0.3, 0.4) is 0 Å². The second-order valence-electron chi connectivity index (χ2n) is 4.17. The van der Waals surface area contributed by atoms with Crippen LogP contribution in [0, 0.1) is 5.92 Å². The van der Waals surface area contributed by atoms with Gasteiger partial charge in [0.2, 0.25) is 0 Å². The molecule has 0 aromatic heterocycles. The Balaban J connectivity index is 2.53. The van der Waals surface area contributed by atoms with E-state index in [1.165, 1.54) is 4.31 Å². The summed E-state index contributed by atoms with van der Waals surface area (Å²) in [5.41, 5.74) is 0. The smallest absolute Gasteiger partial charge is 0.279 e. The molecule has 2 N–H and O–H groups in total. The summed E-state index contributed by atoms with van der Waals surface area (Å²) in [5.74, 6) is 0.446. The van der Waals surface area contributed by atoms with Gasteiger partial charge in [-0.3, -0.25) is 0 Å². The van der Waals surface area contributed by atoms with Gasteiger partial charge in [0.05, 0.1) is 0 Å². The van der Waals surface area contributed by atoms with Gasteiger partial charge in [0.15, 0.2) is 0 Å². The van der Waals surface area contributed by atoms with Gasteiger partial charge in [-0.1, -0.05) is 13.8 Å². The normalized spacial score (nSPS) is 22.6. The fraction of sp³-hybridized carbons (Fsp3) is 1.00. The zero-order valence-electron chi connectivity index (χ0n) is 10.2. The molecule has 1 fully saturated rings. The third-order valence-corrected chi connectivity index (χ3v) is 4.62. The van der Waals surface area contributed by atoms with Gasteiger partial charge < -0.3 is 5.32 Å². The number of hydrogen-bond acceptors (Lipinski definition) is 3. The third kappa shape index (κ3) is 4.01. The SMILES string of the molecule is CCNS(=O)(=O)N(CC)CC1CCCNC1. The van der Waals surface area contributed by atoms with Crippen LogP contribution in [0.15, 0.2) is 0 Å². The molecule has 5 nitrogen and oxygen atoms in total. The van der Waals surface area contributed by atoms with Crippen molar-refractivity contribution in [2.75, 3.05) is 32.7 Å². The van der Waals surface area contributed by atoms with Crippen molar-refractivity contribution < 1.29 is 8.42 Å². The molecule has 1 rings (SSSR count). The molecule has 16 heavy (non-hydrogen) atoms. The van der Waals surface area contributed by atoms with E-state index < -0.39 is 10.2 Å². The van der Waals surface area contributed by atoms with Gasteiger partial charge in [0, 0.05) is 19.6 Å². The lowest BCUT2D eigenvalue weighted by Gasteiger charge is -2.28. The van der Waals surface area contributed by atoms with Gasteiger partial charge in [-0.15, -0.1) is 0 Å². The summed E-state index contributed by atoms with van der Waals surface area (Å²) in [6.07, 6.45) is 2.26. The van der Waals surface area contributed by atoms with E-state index in [2.05, 4.69) is 10.0 Å². The third-order valence-electron chi connectivity index (χ3n) is 2.88. The number of hydrogen-bond donors (Lipinski definition) is 2. The molecule has 1 aliphatic heterocycles. The van der Waals surface area contributed by atoms with Crippen LogP contribution < -0.4 is 10.0 Å². The molecule has 0 aliphatic carbocycles. The highest BCUT2D eigenvalue weighted by atomic mass is 32.2. The van der Waals surface area contributed by atoms with Crippen LogP contribution in [0.2, 0.25) is 0 Å². The van der Waals surface area contributed by atoms with Crippen molar-refractivity contribution in [3.8, 4) is 0 Å². The van der Waals surface area contributed by atoms with Crippen molar-refractivity contribution in [1.82, 2.24) is 14.3 Å². The minimum absolute atomic E-state index is 0.446. The topological polar surface area (TPSA) is 61.4 Å². The predicted octanol–water partition coefficient (Wildman–Crippen LogP) is 0.162. The molecular weight excluding hydrogens is 226 g/mol. The van der Waals surface area contributed by atoms with E-state index >= 15 is 0 Å². The van der Waals surface area contributed by atoms with Gasteiger partial charge in [-0.05, 0) is 31.8 Å². The molecule has 96 valence electrons. The Morgan fingerprint density at radius 3 is 2.69 bits per heavy atom. The lowest BCUT2D eigenvalue weighted by Crippen LogP contribution is -2.45. The van der Waals surface area contributed by atoms with Crippen LogP contribution in [0.1, 0.15) is 26.7 Å². The van der Waals surface area contributed by atoms with E-state index in [0.29, 0.717) is 25.6 Å². The standard InChI is InChI=1S/C10H23N3O2S/c1-3-12-16(14,15)13(4-2)9-10-6-5-7-11-8-10/h10-12H,3-9H2,1-2H3. The second-order valence-corrected chi connectivity index (χ2v) is 5.92. The maximum absolute atomic E-state index is 11.8. The summed E-state index contributed by atoms with van der Waals surface area (Å²) in [6, 6.07) is 0. The average Bonchev–Trinajstić information content (AvgIpc) is 2.27. The van der Waals surface area contributed by atoms with E-state index in [9.17, 15) is 8.42 Å². The minimum Gasteiger partial charge on any atom is -0.316 e. The lowest BCUT2D eigenvalue weighted by atomic mass is 10.00.